The third kappa shape index (κ3) is 3.82. The van der Waals surface area contributed by atoms with Crippen LogP contribution in [0.4, 0.5) is 0 Å². The Morgan fingerprint density at radius 1 is 1.23 bits per heavy atom. The van der Waals surface area contributed by atoms with Gasteiger partial charge in [-0.05, 0) is 23.1 Å². The fourth-order valence-electron chi connectivity index (χ4n) is 3.50. The van der Waals surface area contributed by atoms with Gasteiger partial charge in [-0.1, -0.05) is 24.3 Å². The lowest BCUT2D eigenvalue weighted by molar-refractivity contribution is -0.120. The first kappa shape index (κ1) is 17.3. The number of nitrogens with zero attached hydrogens (tertiary/aromatic N) is 1. The molecule has 3 heterocycles. The molecule has 6 heteroatoms. The van der Waals surface area contributed by atoms with Crippen molar-refractivity contribution >= 4 is 28.1 Å². The maximum absolute atomic E-state index is 12.5. The quantitative estimate of drug-likeness (QED) is 0.702. The molecule has 1 aliphatic heterocycles. The first-order valence-corrected chi connectivity index (χ1v) is 9.86. The Morgan fingerprint density at radius 3 is 2.88 bits per heavy atom. The lowest BCUT2D eigenvalue weighted by atomic mass is 10.1. The molecule has 1 amide bonds. The molecule has 1 fully saturated rings. The van der Waals surface area contributed by atoms with Gasteiger partial charge in [0.25, 0.3) is 0 Å². The maximum atomic E-state index is 12.5. The molecule has 5 nitrogen and oxygen atoms in total. The van der Waals surface area contributed by atoms with E-state index >= 15 is 0 Å². The number of hydrogen-bond donors (Lipinski definition) is 2. The minimum absolute atomic E-state index is 0.0598. The van der Waals surface area contributed by atoms with Gasteiger partial charge in [0.2, 0.25) is 5.91 Å². The van der Waals surface area contributed by atoms with Crippen LogP contribution in [-0.4, -0.2) is 48.6 Å². The van der Waals surface area contributed by atoms with E-state index in [2.05, 4.69) is 38.8 Å². The molecule has 0 radical (unpaired) electrons. The molecule has 2 aromatic heterocycles. The number of hydrogen-bond acceptors (Lipinski definition) is 4. The number of rotatable bonds is 6. The van der Waals surface area contributed by atoms with Crippen molar-refractivity contribution in [2.45, 2.75) is 12.5 Å². The largest absolute Gasteiger partial charge is 0.379 e. The number of carbonyl (C=O) groups excluding carboxylic acids is 1. The van der Waals surface area contributed by atoms with Crippen molar-refractivity contribution in [1.82, 2.24) is 15.2 Å². The molecule has 26 heavy (non-hydrogen) atoms. The van der Waals surface area contributed by atoms with Gasteiger partial charge in [-0.3, -0.25) is 9.69 Å². The highest BCUT2D eigenvalue weighted by atomic mass is 32.1. The molecule has 1 aliphatic rings. The minimum Gasteiger partial charge on any atom is -0.379 e. The van der Waals surface area contributed by atoms with Crippen molar-refractivity contribution in [2.75, 3.05) is 32.8 Å². The smallest absolute Gasteiger partial charge is 0.224 e. The summed E-state index contributed by atoms with van der Waals surface area (Å²) in [6.45, 7) is 3.94. The van der Waals surface area contributed by atoms with E-state index in [0.717, 1.165) is 42.8 Å². The zero-order valence-electron chi connectivity index (χ0n) is 14.6. The Balaban J connectivity index is 1.41. The summed E-state index contributed by atoms with van der Waals surface area (Å²) in [7, 11) is 0. The first-order valence-electron chi connectivity index (χ1n) is 8.98. The zero-order valence-corrected chi connectivity index (χ0v) is 15.4. The second kappa shape index (κ2) is 8.03. The van der Waals surface area contributed by atoms with Crippen LogP contribution in [0.5, 0.6) is 0 Å². The second-order valence-corrected chi connectivity index (χ2v) is 7.50. The molecule has 0 spiro atoms. The summed E-state index contributed by atoms with van der Waals surface area (Å²) < 4.78 is 5.47. The van der Waals surface area contributed by atoms with Crippen molar-refractivity contribution in [3.8, 4) is 0 Å². The molecule has 136 valence electrons. The minimum atomic E-state index is 0.0598. The third-order valence-electron chi connectivity index (χ3n) is 4.88. The number of para-hydroxylation sites is 1. The fraction of sp³-hybridized carbons (Fsp3) is 0.350. The van der Waals surface area contributed by atoms with Crippen molar-refractivity contribution in [1.29, 1.82) is 0 Å². The predicted octanol–water partition coefficient (Wildman–Crippen LogP) is 2.96. The monoisotopic (exact) mass is 369 g/mol. The Labute approximate surface area is 157 Å². The molecule has 0 saturated carbocycles. The van der Waals surface area contributed by atoms with Crippen molar-refractivity contribution in [3.05, 3.63) is 58.4 Å². The number of carbonyl (C=O) groups is 1. The molecule has 1 saturated heterocycles. The zero-order chi connectivity index (χ0) is 17.8. The van der Waals surface area contributed by atoms with Crippen LogP contribution in [0.25, 0.3) is 10.9 Å². The average Bonchev–Trinajstić information content (AvgIpc) is 3.34. The van der Waals surface area contributed by atoms with Crippen LogP contribution >= 0.6 is 11.3 Å². The van der Waals surface area contributed by atoms with Crippen LogP contribution in [0.2, 0.25) is 0 Å². The highest BCUT2D eigenvalue weighted by molar-refractivity contribution is 7.10. The summed E-state index contributed by atoms with van der Waals surface area (Å²) in [6.07, 6.45) is 2.33. The molecule has 0 aliphatic carbocycles. The lowest BCUT2D eigenvalue weighted by Gasteiger charge is -2.34. The molecule has 0 unspecified atom stereocenters. The van der Waals surface area contributed by atoms with Gasteiger partial charge in [-0.25, -0.2) is 0 Å². The van der Waals surface area contributed by atoms with Crippen molar-refractivity contribution in [2.24, 2.45) is 0 Å². The van der Waals surface area contributed by atoms with Gasteiger partial charge in [-0.2, -0.15) is 0 Å². The standard InChI is InChI=1S/C20H23N3O2S/c24-20(12-15-13-21-17-5-2-1-4-16(15)17)22-14-18(19-6-3-11-26-19)23-7-9-25-10-8-23/h1-6,11,13,18,21H,7-10,12,14H2,(H,22,24)/t18-/m0/s1. The van der Waals surface area contributed by atoms with Gasteiger partial charge in [0.05, 0.1) is 25.7 Å². The maximum Gasteiger partial charge on any atom is 0.224 e. The summed E-state index contributed by atoms with van der Waals surface area (Å²) in [4.78, 5) is 19.5. The summed E-state index contributed by atoms with van der Waals surface area (Å²) in [5.41, 5.74) is 2.11. The molecular weight excluding hydrogens is 346 g/mol. The van der Waals surface area contributed by atoms with Crippen LogP contribution in [0, 0.1) is 0 Å². The number of H-pyrrole nitrogens is 1. The van der Waals surface area contributed by atoms with E-state index in [-0.39, 0.29) is 11.9 Å². The Hall–Kier alpha value is -2.15. The number of nitrogens with one attached hydrogen (secondary N) is 2. The van der Waals surface area contributed by atoms with E-state index in [0.29, 0.717) is 13.0 Å². The van der Waals surface area contributed by atoms with Gasteiger partial charge in [0, 0.05) is 41.6 Å². The number of aromatic amines is 1. The Morgan fingerprint density at radius 2 is 2.08 bits per heavy atom. The lowest BCUT2D eigenvalue weighted by Crippen LogP contribution is -2.43. The van der Waals surface area contributed by atoms with Gasteiger partial charge in [0.1, 0.15) is 0 Å². The normalized spacial score (nSPS) is 16.6. The number of amides is 1. The van der Waals surface area contributed by atoms with Gasteiger partial charge in [0.15, 0.2) is 0 Å². The van der Waals surface area contributed by atoms with Crippen LogP contribution in [0.1, 0.15) is 16.5 Å². The van der Waals surface area contributed by atoms with E-state index < -0.39 is 0 Å². The highest BCUT2D eigenvalue weighted by Crippen LogP contribution is 2.25. The average molecular weight is 369 g/mol. The third-order valence-corrected chi connectivity index (χ3v) is 5.85. The fourth-order valence-corrected chi connectivity index (χ4v) is 4.36. The first-order chi connectivity index (χ1) is 12.8. The van der Waals surface area contributed by atoms with Crippen LogP contribution < -0.4 is 5.32 Å². The number of morpholine rings is 1. The number of thiophene rings is 1. The topological polar surface area (TPSA) is 57.4 Å². The van der Waals surface area contributed by atoms with E-state index in [9.17, 15) is 4.79 Å². The van der Waals surface area contributed by atoms with Crippen LogP contribution in [0.3, 0.4) is 0 Å². The molecule has 0 bridgehead atoms. The van der Waals surface area contributed by atoms with Gasteiger partial charge in [-0.15, -0.1) is 11.3 Å². The van der Waals surface area contributed by atoms with Gasteiger partial charge < -0.3 is 15.0 Å². The summed E-state index contributed by atoms with van der Waals surface area (Å²) in [5, 5.41) is 6.35. The molecular formula is C20H23N3O2S. The van der Waals surface area contributed by atoms with E-state index in [1.54, 1.807) is 11.3 Å². The van der Waals surface area contributed by atoms with Crippen LogP contribution in [0.15, 0.2) is 48.0 Å². The summed E-state index contributed by atoms with van der Waals surface area (Å²) in [6, 6.07) is 12.5. The van der Waals surface area contributed by atoms with Crippen molar-refractivity contribution < 1.29 is 9.53 Å². The van der Waals surface area contributed by atoms with E-state index in [1.807, 2.05) is 24.4 Å². The van der Waals surface area contributed by atoms with Crippen molar-refractivity contribution in [3.63, 3.8) is 0 Å². The van der Waals surface area contributed by atoms with E-state index in [4.69, 9.17) is 4.74 Å². The summed E-state index contributed by atoms with van der Waals surface area (Å²) in [5.74, 6) is 0.0598. The van der Waals surface area contributed by atoms with E-state index in [1.165, 1.54) is 4.88 Å². The number of fused-ring (bicyclic) bond motifs is 1. The summed E-state index contributed by atoms with van der Waals surface area (Å²) >= 11 is 1.74. The molecule has 1 atom stereocenters. The van der Waals surface area contributed by atoms with Crippen LogP contribution in [-0.2, 0) is 16.0 Å². The number of benzene rings is 1. The number of ether oxygens (including phenoxy) is 1. The molecule has 4 rings (SSSR count). The Kier molecular flexibility index (Phi) is 5.34. The Bertz CT molecular complexity index is 853. The number of aromatic nitrogens is 1. The van der Waals surface area contributed by atoms with Gasteiger partial charge >= 0.3 is 0 Å². The predicted molar refractivity (Wildman–Crippen MR) is 104 cm³/mol. The highest BCUT2D eigenvalue weighted by Gasteiger charge is 2.24. The second-order valence-electron chi connectivity index (χ2n) is 6.52. The molecule has 1 aromatic carbocycles. The molecule has 3 aromatic rings. The SMILES string of the molecule is O=C(Cc1c[nH]c2ccccc12)NC[C@@H](c1cccs1)N1CCOCC1. The molecule has 2 N–H and O–H groups in total.